The van der Waals surface area contributed by atoms with Crippen LogP contribution in [0, 0.1) is 13.8 Å². The summed E-state index contributed by atoms with van der Waals surface area (Å²) in [6.07, 6.45) is 2.01. The van der Waals surface area contributed by atoms with Crippen LogP contribution in [-0.4, -0.2) is 25.3 Å². The van der Waals surface area contributed by atoms with E-state index in [1.165, 1.54) is 0 Å². The zero-order valence-electron chi connectivity index (χ0n) is 11.3. The first-order valence-corrected chi connectivity index (χ1v) is 6.08. The molecule has 96 valence electrons. The van der Waals surface area contributed by atoms with Gasteiger partial charge in [0.25, 0.3) is 0 Å². The molecule has 2 aromatic heterocycles. The van der Waals surface area contributed by atoms with Crippen molar-refractivity contribution in [1.82, 2.24) is 19.6 Å². The number of nitrogens with zero attached hydrogens (tertiary/aromatic N) is 4. The molecule has 5 heteroatoms. The van der Waals surface area contributed by atoms with Crippen LogP contribution < -0.4 is 0 Å². The Balaban J connectivity index is 2.23. The quantitative estimate of drug-likeness (QED) is 0.771. The van der Waals surface area contributed by atoms with Crippen molar-refractivity contribution in [3.05, 3.63) is 34.9 Å². The molecule has 0 aromatic carbocycles. The molecule has 0 N–H and O–H groups in total. The summed E-state index contributed by atoms with van der Waals surface area (Å²) in [4.78, 5) is 12.2. The van der Waals surface area contributed by atoms with Gasteiger partial charge in [-0.25, -0.2) is 0 Å². The number of aromatic nitrogens is 4. The van der Waals surface area contributed by atoms with Crippen molar-refractivity contribution in [3.8, 4) is 0 Å². The van der Waals surface area contributed by atoms with Gasteiger partial charge in [0, 0.05) is 25.0 Å². The minimum absolute atomic E-state index is 0.0928. The van der Waals surface area contributed by atoms with Gasteiger partial charge < -0.3 is 0 Å². The molecule has 2 rings (SSSR count). The molecule has 2 heterocycles. The maximum Gasteiger partial charge on any atom is 0.172 e. The SMILES string of the molecule is CCn1nc(C)cc1CC(=O)c1cnn(C)c1C. The highest BCUT2D eigenvalue weighted by Gasteiger charge is 2.15. The Morgan fingerprint density at radius 3 is 2.67 bits per heavy atom. The maximum absolute atomic E-state index is 12.2. The summed E-state index contributed by atoms with van der Waals surface area (Å²) in [7, 11) is 1.84. The molecule has 0 spiro atoms. The summed E-state index contributed by atoms with van der Waals surface area (Å²) in [6.45, 7) is 6.65. The van der Waals surface area contributed by atoms with Gasteiger partial charge in [-0.1, -0.05) is 0 Å². The summed E-state index contributed by atoms with van der Waals surface area (Å²) in [5.41, 5.74) is 3.50. The standard InChI is InChI=1S/C13H18N4O/c1-5-17-11(6-9(2)15-17)7-13(18)12-8-14-16(4)10(12)3/h6,8H,5,7H2,1-4H3. The number of aryl methyl sites for hydroxylation is 3. The van der Waals surface area contributed by atoms with Crippen molar-refractivity contribution in [3.63, 3.8) is 0 Å². The molecule has 0 fully saturated rings. The third-order valence-electron chi connectivity index (χ3n) is 3.16. The van der Waals surface area contributed by atoms with E-state index in [1.54, 1.807) is 10.9 Å². The molecule has 5 nitrogen and oxygen atoms in total. The van der Waals surface area contributed by atoms with Crippen LogP contribution in [0.2, 0.25) is 0 Å². The Morgan fingerprint density at radius 1 is 1.39 bits per heavy atom. The molecular formula is C13H18N4O. The first-order valence-electron chi connectivity index (χ1n) is 6.08. The Kier molecular flexibility index (Phi) is 3.32. The molecule has 0 aliphatic rings. The van der Waals surface area contributed by atoms with Gasteiger partial charge in [0.15, 0.2) is 5.78 Å². The van der Waals surface area contributed by atoms with Crippen molar-refractivity contribution < 1.29 is 4.79 Å². The van der Waals surface area contributed by atoms with Crippen LogP contribution in [-0.2, 0) is 20.0 Å². The van der Waals surface area contributed by atoms with Crippen LogP contribution in [0.1, 0.15) is 34.4 Å². The lowest BCUT2D eigenvalue weighted by atomic mass is 10.1. The highest BCUT2D eigenvalue weighted by molar-refractivity contribution is 5.98. The molecule has 0 saturated heterocycles. The van der Waals surface area contributed by atoms with Gasteiger partial charge in [-0.3, -0.25) is 14.2 Å². The van der Waals surface area contributed by atoms with Gasteiger partial charge in [0.1, 0.15) is 0 Å². The second-order valence-corrected chi connectivity index (χ2v) is 4.46. The molecule has 2 aromatic rings. The highest BCUT2D eigenvalue weighted by atomic mass is 16.1. The Bertz CT molecular complexity index is 580. The van der Waals surface area contributed by atoms with Gasteiger partial charge in [-0.2, -0.15) is 10.2 Å². The molecule has 0 aliphatic carbocycles. The van der Waals surface area contributed by atoms with Crippen molar-refractivity contribution in [2.45, 2.75) is 33.7 Å². The first-order chi connectivity index (χ1) is 8.52. The molecule has 0 saturated carbocycles. The zero-order chi connectivity index (χ0) is 13.3. The smallest absolute Gasteiger partial charge is 0.172 e. The lowest BCUT2D eigenvalue weighted by molar-refractivity contribution is 0.0990. The fraction of sp³-hybridized carbons (Fsp3) is 0.462. The normalized spacial score (nSPS) is 10.9. The van der Waals surface area contributed by atoms with E-state index in [0.717, 1.165) is 23.6 Å². The number of hydrogen-bond acceptors (Lipinski definition) is 3. The van der Waals surface area contributed by atoms with E-state index < -0.39 is 0 Å². The summed E-state index contributed by atoms with van der Waals surface area (Å²) in [5.74, 6) is 0.0928. The van der Waals surface area contributed by atoms with Crippen molar-refractivity contribution in [2.24, 2.45) is 7.05 Å². The van der Waals surface area contributed by atoms with Crippen molar-refractivity contribution in [2.75, 3.05) is 0 Å². The number of hydrogen-bond donors (Lipinski definition) is 0. The summed E-state index contributed by atoms with van der Waals surface area (Å²) >= 11 is 0. The van der Waals surface area contributed by atoms with Gasteiger partial charge in [0.2, 0.25) is 0 Å². The number of rotatable bonds is 4. The number of carbonyl (C=O) groups is 1. The third-order valence-corrected chi connectivity index (χ3v) is 3.16. The largest absolute Gasteiger partial charge is 0.294 e. The predicted octanol–water partition coefficient (Wildman–Crippen LogP) is 1.68. The monoisotopic (exact) mass is 246 g/mol. The average Bonchev–Trinajstić information content (AvgIpc) is 2.84. The molecular weight excluding hydrogens is 228 g/mol. The van der Waals surface area contributed by atoms with Crippen LogP contribution in [0.3, 0.4) is 0 Å². The summed E-state index contributed by atoms with van der Waals surface area (Å²) < 4.78 is 3.59. The third kappa shape index (κ3) is 2.20. The van der Waals surface area contributed by atoms with E-state index in [0.29, 0.717) is 12.0 Å². The topological polar surface area (TPSA) is 52.7 Å². The van der Waals surface area contributed by atoms with E-state index in [4.69, 9.17) is 0 Å². The average molecular weight is 246 g/mol. The molecule has 0 aliphatic heterocycles. The fourth-order valence-electron chi connectivity index (χ4n) is 2.05. The zero-order valence-corrected chi connectivity index (χ0v) is 11.3. The summed E-state index contributed by atoms with van der Waals surface area (Å²) in [5, 5.41) is 8.45. The number of Topliss-reactive ketones (excluding diaryl/α,β-unsaturated/α-hetero) is 1. The number of ketones is 1. The highest BCUT2D eigenvalue weighted by Crippen LogP contribution is 2.12. The van der Waals surface area contributed by atoms with E-state index in [1.807, 2.05) is 38.6 Å². The van der Waals surface area contributed by atoms with E-state index in [-0.39, 0.29) is 5.78 Å². The van der Waals surface area contributed by atoms with Gasteiger partial charge in [0.05, 0.1) is 23.9 Å². The maximum atomic E-state index is 12.2. The van der Waals surface area contributed by atoms with Crippen molar-refractivity contribution in [1.29, 1.82) is 0 Å². The summed E-state index contributed by atoms with van der Waals surface area (Å²) in [6, 6.07) is 1.97. The first kappa shape index (κ1) is 12.5. The van der Waals surface area contributed by atoms with Gasteiger partial charge in [-0.15, -0.1) is 0 Å². The number of carbonyl (C=O) groups excluding carboxylic acids is 1. The molecule has 0 atom stereocenters. The molecule has 0 bridgehead atoms. The van der Waals surface area contributed by atoms with E-state index in [9.17, 15) is 4.79 Å². The van der Waals surface area contributed by atoms with E-state index >= 15 is 0 Å². The minimum Gasteiger partial charge on any atom is -0.294 e. The van der Waals surface area contributed by atoms with Crippen LogP contribution in [0.5, 0.6) is 0 Å². The molecule has 18 heavy (non-hydrogen) atoms. The van der Waals surface area contributed by atoms with Crippen molar-refractivity contribution >= 4 is 5.78 Å². The van der Waals surface area contributed by atoms with Crippen LogP contribution in [0.15, 0.2) is 12.3 Å². The molecule has 0 unspecified atom stereocenters. The van der Waals surface area contributed by atoms with Gasteiger partial charge >= 0.3 is 0 Å². The molecule has 0 radical (unpaired) electrons. The second-order valence-electron chi connectivity index (χ2n) is 4.46. The van der Waals surface area contributed by atoms with Gasteiger partial charge in [-0.05, 0) is 26.8 Å². The predicted molar refractivity (Wildman–Crippen MR) is 68.6 cm³/mol. The minimum atomic E-state index is 0.0928. The fourth-order valence-corrected chi connectivity index (χ4v) is 2.05. The Labute approximate surface area is 106 Å². The van der Waals surface area contributed by atoms with Crippen LogP contribution >= 0.6 is 0 Å². The molecule has 0 amide bonds. The Morgan fingerprint density at radius 2 is 2.11 bits per heavy atom. The van der Waals surface area contributed by atoms with Crippen LogP contribution in [0.25, 0.3) is 0 Å². The lowest BCUT2D eigenvalue weighted by Gasteiger charge is -2.03. The van der Waals surface area contributed by atoms with E-state index in [2.05, 4.69) is 10.2 Å². The lowest BCUT2D eigenvalue weighted by Crippen LogP contribution is -2.10. The second kappa shape index (κ2) is 4.76. The Hall–Kier alpha value is -1.91. The van der Waals surface area contributed by atoms with Crippen LogP contribution in [0.4, 0.5) is 0 Å².